The van der Waals surface area contributed by atoms with Gasteiger partial charge in [-0.15, -0.1) is 0 Å². The number of likely N-dealkylation sites (tertiary alicyclic amines) is 1. The highest BCUT2D eigenvalue weighted by Gasteiger charge is 2.23. The van der Waals surface area contributed by atoms with E-state index in [0.29, 0.717) is 31.2 Å². The molecule has 2 aliphatic rings. The molecule has 3 N–H and O–H groups in total. The normalized spacial score (nSPS) is 17.0. The van der Waals surface area contributed by atoms with Gasteiger partial charge < -0.3 is 15.4 Å². The number of hydrogen-bond acceptors (Lipinski definition) is 5. The summed E-state index contributed by atoms with van der Waals surface area (Å²) < 4.78 is 0. The molecule has 1 fully saturated rings. The zero-order valence-electron chi connectivity index (χ0n) is 21.4. The first-order valence-corrected chi connectivity index (χ1v) is 13.2. The van der Waals surface area contributed by atoms with Crippen LogP contribution in [0.25, 0.3) is 10.9 Å². The molecule has 0 aliphatic carbocycles. The number of aromatic hydroxyl groups is 1. The van der Waals surface area contributed by atoms with Gasteiger partial charge in [-0.1, -0.05) is 6.42 Å². The van der Waals surface area contributed by atoms with Gasteiger partial charge in [0.1, 0.15) is 5.75 Å². The molecule has 0 unspecified atom stereocenters. The van der Waals surface area contributed by atoms with E-state index in [2.05, 4.69) is 29.0 Å². The van der Waals surface area contributed by atoms with Gasteiger partial charge in [0.05, 0.1) is 5.52 Å². The predicted octanol–water partition coefficient (Wildman–Crippen LogP) is 3.69. The number of aryl methyl sites for hydroxylation is 2. The van der Waals surface area contributed by atoms with E-state index in [1.54, 1.807) is 6.07 Å². The highest BCUT2D eigenvalue weighted by atomic mass is 16.3. The molecular weight excluding hydrogens is 456 g/mol. The topological polar surface area (TPSA) is 106 Å². The van der Waals surface area contributed by atoms with Gasteiger partial charge in [0, 0.05) is 54.9 Å². The van der Waals surface area contributed by atoms with Crippen LogP contribution in [0.5, 0.6) is 5.75 Å². The molecule has 0 bridgehead atoms. The van der Waals surface area contributed by atoms with Crippen LogP contribution >= 0.6 is 0 Å². The summed E-state index contributed by atoms with van der Waals surface area (Å²) in [6.07, 6.45) is 8.55. The molecule has 8 nitrogen and oxygen atoms in total. The average molecular weight is 495 g/mol. The number of benzene rings is 1. The van der Waals surface area contributed by atoms with Gasteiger partial charge in [-0.2, -0.15) is 0 Å². The lowest BCUT2D eigenvalue weighted by Crippen LogP contribution is -2.35. The summed E-state index contributed by atoms with van der Waals surface area (Å²) in [7, 11) is 0. The summed E-state index contributed by atoms with van der Waals surface area (Å²) in [5, 5.41) is 14.7. The van der Waals surface area contributed by atoms with Crippen molar-refractivity contribution in [2.45, 2.75) is 65.3 Å². The van der Waals surface area contributed by atoms with E-state index in [0.717, 1.165) is 74.9 Å². The van der Waals surface area contributed by atoms with Gasteiger partial charge in [-0.05, 0) is 82.7 Å². The largest absolute Gasteiger partial charge is 0.508 e. The second-order valence-electron chi connectivity index (χ2n) is 10.2. The highest BCUT2D eigenvalue weighted by molar-refractivity contribution is 6.12. The monoisotopic (exact) mass is 494 g/mol. The summed E-state index contributed by atoms with van der Waals surface area (Å²) in [6, 6.07) is 3.80. The van der Waals surface area contributed by atoms with Crippen LogP contribution in [0, 0.1) is 19.8 Å². The first-order chi connectivity index (χ1) is 17.3. The predicted molar refractivity (Wildman–Crippen MR) is 139 cm³/mol. The maximum atomic E-state index is 12.2. The molecule has 1 aromatic carbocycles. The Hall–Kier alpha value is -3.13. The number of unbranched alkanes of at least 4 members (excludes halogenated alkanes) is 2. The Labute approximate surface area is 212 Å². The van der Waals surface area contributed by atoms with Gasteiger partial charge in [-0.25, -0.2) is 0 Å². The number of carbonyl (C=O) groups is 3. The number of phenols is 1. The summed E-state index contributed by atoms with van der Waals surface area (Å²) >= 11 is 0. The van der Waals surface area contributed by atoms with E-state index < -0.39 is 0 Å². The SMILES string of the molecule is Cc1[nH]c2c(CN3CCC(CCNC(=O)CCCCCN4C(=O)C=CC4=O)CC3)c(O)ccc2c1C. The molecule has 194 valence electrons. The van der Waals surface area contributed by atoms with Crippen molar-refractivity contribution in [3.8, 4) is 5.75 Å². The van der Waals surface area contributed by atoms with Crippen molar-refractivity contribution in [3.63, 3.8) is 0 Å². The quantitative estimate of drug-likeness (QED) is 0.326. The van der Waals surface area contributed by atoms with Gasteiger partial charge in [0.25, 0.3) is 11.8 Å². The Morgan fingerprint density at radius 2 is 1.81 bits per heavy atom. The van der Waals surface area contributed by atoms with Gasteiger partial charge in [0.15, 0.2) is 0 Å². The lowest BCUT2D eigenvalue weighted by molar-refractivity contribution is -0.137. The number of aromatic amines is 1. The van der Waals surface area contributed by atoms with Gasteiger partial charge in [0.2, 0.25) is 5.91 Å². The maximum Gasteiger partial charge on any atom is 0.253 e. The van der Waals surface area contributed by atoms with Gasteiger partial charge >= 0.3 is 0 Å². The number of hydrogen-bond donors (Lipinski definition) is 3. The Morgan fingerprint density at radius 3 is 2.53 bits per heavy atom. The fraction of sp³-hybridized carbons (Fsp3) is 0.536. The molecule has 0 saturated carbocycles. The Balaban J connectivity index is 1.10. The van der Waals surface area contributed by atoms with Crippen molar-refractivity contribution in [1.29, 1.82) is 0 Å². The number of piperidine rings is 1. The van der Waals surface area contributed by atoms with Crippen LogP contribution in [-0.4, -0.2) is 63.8 Å². The molecule has 0 radical (unpaired) electrons. The molecule has 1 aromatic heterocycles. The minimum Gasteiger partial charge on any atom is -0.508 e. The van der Waals surface area contributed by atoms with Crippen molar-refractivity contribution in [2.75, 3.05) is 26.2 Å². The van der Waals surface area contributed by atoms with Crippen LogP contribution in [-0.2, 0) is 20.9 Å². The lowest BCUT2D eigenvalue weighted by atomic mass is 9.93. The molecule has 0 spiro atoms. The highest BCUT2D eigenvalue weighted by Crippen LogP contribution is 2.32. The summed E-state index contributed by atoms with van der Waals surface area (Å²) in [5.41, 5.74) is 4.40. The molecule has 36 heavy (non-hydrogen) atoms. The summed E-state index contributed by atoms with van der Waals surface area (Å²) in [4.78, 5) is 42.3. The van der Waals surface area contributed by atoms with Crippen LogP contribution in [0.2, 0.25) is 0 Å². The lowest BCUT2D eigenvalue weighted by Gasteiger charge is -2.32. The third-order valence-corrected chi connectivity index (χ3v) is 7.72. The summed E-state index contributed by atoms with van der Waals surface area (Å²) in [5.74, 6) is 0.533. The fourth-order valence-electron chi connectivity index (χ4n) is 5.28. The number of nitrogens with one attached hydrogen (secondary N) is 2. The summed E-state index contributed by atoms with van der Waals surface area (Å²) in [6.45, 7) is 8.02. The van der Waals surface area contributed by atoms with E-state index in [-0.39, 0.29) is 17.7 Å². The van der Waals surface area contributed by atoms with Crippen molar-refractivity contribution in [2.24, 2.45) is 5.92 Å². The van der Waals surface area contributed by atoms with E-state index in [9.17, 15) is 19.5 Å². The van der Waals surface area contributed by atoms with E-state index in [1.165, 1.54) is 28.0 Å². The Morgan fingerprint density at radius 1 is 1.08 bits per heavy atom. The third-order valence-electron chi connectivity index (χ3n) is 7.72. The number of phenolic OH excluding ortho intramolecular Hbond substituents is 1. The third kappa shape index (κ3) is 6.16. The van der Waals surface area contributed by atoms with Crippen molar-refractivity contribution in [1.82, 2.24) is 20.1 Å². The minimum absolute atomic E-state index is 0.0718. The number of aromatic nitrogens is 1. The molecular formula is C28H38N4O4. The van der Waals surface area contributed by atoms with Crippen LogP contribution in [0.4, 0.5) is 0 Å². The Kier molecular flexibility index (Phi) is 8.46. The number of fused-ring (bicyclic) bond motifs is 1. The number of nitrogens with zero attached hydrogens (tertiary/aromatic N) is 2. The number of H-pyrrole nitrogens is 1. The van der Waals surface area contributed by atoms with Crippen molar-refractivity contribution in [3.05, 3.63) is 41.1 Å². The van der Waals surface area contributed by atoms with E-state index >= 15 is 0 Å². The van der Waals surface area contributed by atoms with Crippen LogP contribution in [0.1, 0.15) is 61.8 Å². The van der Waals surface area contributed by atoms with E-state index in [4.69, 9.17) is 0 Å². The molecule has 1 saturated heterocycles. The number of imide groups is 1. The second-order valence-corrected chi connectivity index (χ2v) is 10.2. The molecule has 8 heteroatoms. The average Bonchev–Trinajstić information content (AvgIpc) is 3.34. The first-order valence-electron chi connectivity index (χ1n) is 13.2. The number of carbonyl (C=O) groups excluding carboxylic acids is 3. The second kappa shape index (κ2) is 11.7. The standard InChI is InChI=1S/C28H38N4O4/c1-19-20(2)30-28-22(19)7-8-24(33)23(28)18-31-16-12-21(13-17-31)11-14-29-25(34)6-4-3-5-15-32-26(35)9-10-27(32)36/h7-10,21,30,33H,3-6,11-18H2,1-2H3,(H,29,34). The molecule has 2 aliphatic heterocycles. The van der Waals surface area contributed by atoms with Gasteiger partial charge in [-0.3, -0.25) is 24.2 Å². The number of amides is 3. The molecule has 0 atom stereocenters. The zero-order valence-corrected chi connectivity index (χ0v) is 21.4. The van der Waals surface area contributed by atoms with Crippen LogP contribution in [0.3, 0.4) is 0 Å². The maximum absolute atomic E-state index is 12.2. The molecule has 3 heterocycles. The van der Waals surface area contributed by atoms with Crippen molar-refractivity contribution >= 4 is 28.6 Å². The molecule has 3 amide bonds. The molecule has 4 rings (SSSR count). The first kappa shape index (κ1) is 25.9. The zero-order chi connectivity index (χ0) is 25.7. The number of rotatable bonds is 11. The van der Waals surface area contributed by atoms with Crippen LogP contribution in [0.15, 0.2) is 24.3 Å². The smallest absolute Gasteiger partial charge is 0.253 e. The minimum atomic E-state index is -0.246. The van der Waals surface area contributed by atoms with Crippen molar-refractivity contribution < 1.29 is 19.5 Å². The van der Waals surface area contributed by atoms with E-state index in [1.807, 2.05) is 6.07 Å². The fourth-order valence-corrected chi connectivity index (χ4v) is 5.28. The molecule has 2 aromatic rings. The Bertz CT molecular complexity index is 1130. The van der Waals surface area contributed by atoms with Crippen LogP contribution < -0.4 is 5.32 Å².